The SMILES string of the molecule is CO[Si](CCCC(C[Si](C)(C)C)C(CCOCCC(F)(F)C(F)(F)C(F)(F)C(F)(F)F)O[Si](C)(C)C)(OC)OC. The van der Waals surface area contributed by atoms with Gasteiger partial charge in [0.25, 0.3) is 0 Å². The molecule has 0 radical (unpaired) electrons. The highest BCUT2D eigenvalue weighted by molar-refractivity contribution is 6.76. The van der Waals surface area contributed by atoms with Crippen LogP contribution in [0.1, 0.15) is 25.7 Å². The summed E-state index contributed by atoms with van der Waals surface area (Å²) in [6.07, 6.45) is -7.66. The van der Waals surface area contributed by atoms with Gasteiger partial charge in [-0.15, -0.1) is 0 Å². The fourth-order valence-corrected chi connectivity index (χ4v) is 9.26. The van der Waals surface area contributed by atoms with Gasteiger partial charge in [-0.05, 0) is 44.8 Å². The molecule has 0 aliphatic heterocycles. The molecular weight excluding hydrogens is 611 g/mol. The van der Waals surface area contributed by atoms with Crippen molar-refractivity contribution in [2.45, 2.75) is 107 Å². The molecule has 0 saturated heterocycles. The standard InChI is InChI=1S/C23H45F9O5Si3/c1-33-40(34-2,35-3)16-10-11-18(17-38(4,5)6)19(37-39(7,8)9)12-14-36-15-13-20(24,25)21(26,27)22(28,29)23(30,31)32/h18-19H,10-17H2,1-9H3. The zero-order chi connectivity index (χ0) is 31.8. The van der Waals surface area contributed by atoms with Gasteiger partial charge in [0.05, 0.1) is 6.61 Å². The first-order valence-electron chi connectivity index (χ1n) is 12.9. The molecule has 0 amide bonds. The summed E-state index contributed by atoms with van der Waals surface area (Å²) >= 11 is 0. The number of hydrogen-bond donors (Lipinski definition) is 0. The molecule has 0 bridgehead atoms. The summed E-state index contributed by atoms with van der Waals surface area (Å²) in [7, 11) is -2.07. The van der Waals surface area contributed by atoms with Crippen molar-refractivity contribution in [2.75, 3.05) is 34.5 Å². The van der Waals surface area contributed by atoms with E-state index in [0.29, 0.717) is 18.9 Å². The minimum atomic E-state index is -6.90. The van der Waals surface area contributed by atoms with Gasteiger partial charge in [0.2, 0.25) is 0 Å². The maximum atomic E-state index is 13.8. The highest BCUT2D eigenvalue weighted by atomic mass is 28.4. The van der Waals surface area contributed by atoms with Crippen molar-refractivity contribution in [1.29, 1.82) is 0 Å². The molecule has 17 heteroatoms. The maximum Gasteiger partial charge on any atom is 0.500 e. The van der Waals surface area contributed by atoms with E-state index in [1.807, 2.05) is 19.6 Å². The Hall–Kier alpha value is -0.179. The van der Waals surface area contributed by atoms with Gasteiger partial charge < -0.3 is 22.4 Å². The van der Waals surface area contributed by atoms with Gasteiger partial charge in [0, 0.05) is 54.6 Å². The Bertz CT molecular complexity index is 733. The fraction of sp³-hybridized carbons (Fsp3) is 1.00. The van der Waals surface area contributed by atoms with Crippen molar-refractivity contribution in [2.24, 2.45) is 5.92 Å². The van der Waals surface area contributed by atoms with E-state index in [1.54, 1.807) is 0 Å². The monoisotopic (exact) mass is 656 g/mol. The molecule has 0 aromatic heterocycles. The average Bonchev–Trinajstić information content (AvgIpc) is 2.78. The van der Waals surface area contributed by atoms with Crippen LogP contribution in [0.2, 0.25) is 51.4 Å². The number of rotatable bonds is 20. The minimum absolute atomic E-state index is 0.0236. The Morgan fingerprint density at radius 3 is 1.57 bits per heavy atom. The van der Waals surface area contributed by atoms with Crippen LogP contribution < -0.4 is 0 Å². The molecule has 0 aliphatic rings. The lowest BCUT2D eigenvalue weighted by Crippen LogP contribution is -2.61. The van der Waals surface area contributed by atoms with Gasteiger partial charge in [0.1, 0.15) is 0 Å². The fourth-order valence-electron chi connectivity index (χ4n) is 4.25. The predicted octanol–water partition coefficient (Wildman–Crippen LogP) is 8.08. The van der Waals surface area contributed by atoms with Crippen LogP contribution in [-0.4, -0.2) is 89.8 Å². The topological polar surface area (TPSA) is 46.2 Å². The van der Waals surface area contributed by atoms with Crippen molar-refractivity contribution >= 4 is 25.2 Å². The molecule has 0 saturated carbocycles. The van der Waals surface area contributed by atoms with E-state index in [-0.39, 0.29) is 25.0 Å². The minimum Gasteiger partial charge on any atom is -0.414 e. The number of alkyl halides is 9. The molecular formula is C23H45F9O5Si3. The second-order valence-corrected chi connectivity index (χ2v) is 25.1. The average molecular weight is 657 g/mol. The Balaban J connectivity index is 5.49. The van der Waals surface area contributed by atoms with Crippen LogP contribution in [-0.2, 0) is 22.4 Å². The molecule has 0 rings (SSSR count). The molecule has 0 aromatic rings. The van der Waals surface area contributed by atoms with E-state index < -0.39 is 62.2 Å². The van der Waals surface area contributed by atoms with Gasteiger partial charge in [-0.2, -0.15) is 39.5 Å². The molecule has 0 aromatic carbocycles. The summed E-state index contributed by atoms with van der Waals surface area (Å²) in [4.78, 5) is 0. The van der Waals surface area contributed by atoms with E-state index in [4.69, 9.17) is 22.4 Å². The van der Waals surface area contributed by atoms with Crippen molar-refractivity contribution in [3.8, 4) is 0 Å². The van der Waals surface area contributed by atoms with Crippen LogP contribution in [0.3, 0.4) is 0 Å². The van der Waals surface area contributed by atoms with E-state index in [2.05, 4.69) is 19.6 Å². The van der Waals surface area contributed by atoms with Crippen LogP contribution in [0.4, 0.5) is 39.5 Å². The largest absolute Gasteiger partial charge is 0.500 e. The third-order valence-corrected chi connectivity index (χ3v) is 11.8. The number of halogens is 9. The molecule has 0 aliphatic carbocycles. The van der Waals surface area contributed by atoms with Crippen molar-refractivity contribution in [1.82, 2.24) is 0 Å². The molecule has 242 valence electrons. The summed E-state index contributed by atoms with van der Waals surface area (Å²) in [5.41, 5.74) is 0. The lowest BCUT2D eigenvalue weighted by Gasteiger charge is -2.36. The van der Waals surface area contributed by atoms with Gasteiger partial charge in [-0.1, -0.05) is 25.7 Å². The zero-order valence-electron chi connectivity index (χ0n) is 24.8. The molecule has 0 fully saturated rings. The Labute approximate surface area is 234 Å². The van der Waals surface area contributed by atoms with E-state index in [9.17, 15) is 39.5 Å². The van der Waals surface area contributed by atoms with Gasteiger partial charge in [0.15, 0.2) is 8.32 Å². The summed E-state index contributed by atoms with van der Waals surface area (Å²) < 4.78 is 146. The smallest absolute Gasteiger partial charge is 0.414 e. The molecule has 0 spiro atoms. The molecule has 2 unspecified atom stereocenters. The molecule has 40 heavy (non-hydrogen) atoms. The molecule has 5 nitrogen and oxygen atoms in total. The van der Waals surface area contributed by atoms with Gasteiger partial charge >= 0.3 is 32.7 Å². The summed E-state index contributed by atoms with van der Waals surface area (Å²) in [6.45, 7) is 11.1. The van der Waals surface area contributed by atoms with Crippen molar-refractivity contribution < 1.29 is 62.0 Å². The Kier molecular flexibility index (Phi) is 14.9. The third kappa shape index (κ3) is 11.8. The second kappa shape index (κ2) is 15.0. The molecule has 0 N–H and O–H groups in total. The van der Waals surface area contributed by atoms with Crippen LogP contribution in [0.25, 0.3) is 0 Å². The Morgan fingerprint density at radius 1 is 0.675 bits per heavy atom. The van der Waals surface area contributed by atoms with Crippen molar-refractivity contribution in [3.05, 3.63) is 0 Å². The normalized spacial score (nSPS) is 16.4. The van der Waals surface area contributed by atoms with Crippen LogP contribution in [0, 0.1) is 5.92 Å². The Morgan fingerprint density at radius 2 is 1.18 bits per heavy atom. The van der Waals surface area contributed by atoms with Gasteiger partial charge in [-0.25, -0.2) is 0 Å². The first kappa shape index (κ1) is 39.8. The summed E-state index contributed by atoms with van der Waals surface area (Å²) in [5, 5.41) is 0. The lowest BCUT2D eigenvalue weighted by atomic mass is 9.97. The van der Waals surface area contributed by atoms with Crippen LogP contribution in [0.15, 0.2) is 0 Å². The maximum absolute atomic E-state index is 13.8. The first-order chi connectivity index (χ1) is 17.8. The number of ether oxygens (including phenoxy) is 1. The van der Waals surface area contributed by atoms with Crippen molar-refractivity contribution in [3.63, 3.8) is 0 Å². The number of hydrogen-bond acceptors (Lipinski definition) is 5. The van der Waals surface area contributed by atoms with Crippen LogP contribution >= 0.6 is 0 Å². The highest BCUT2D eigenvalue weighted by Gasteiger charge is 2.81. The summed E-state index contributed by atoms with van der Waals surface area (Å²) in [6, 6.07) is 1.39. The predicted molar refractivity (Wildman–Crippen MR) is 142 cm³/mol. The van der Waals surface area contributed by atoms with E-state index >= 15 is 0 Å². The highest BCUT2D eigenvalue weighted by Crippen LogP contribution is 2.54. The quantitative estimate of drug-likeness (QED) is 0.0754. The van der Waals surface area contributed by atoms with E-state index in [0.717, 1.165) is 6.04 Å². The lowest BCUT2D eigenvalue weighted by molar-refractivity contribution is -0.397. The zero-order valence-corrected chi connectivity index (χ0v) is 27.8. The third-order valence-electron chi connectivity index (χ3n) is 6.21. The van der Waals surface area contributed by atoms with Gasteiger partial charge in [-0.3, -0.25) is 0 Å². The van der Waals surface area contributed by atoms with Crippen LogP contribution in [0.5, 0.6) is 0 Å². The summed E-state index contributed by atoms with van der Waals surface area (Å²) in [5.74, 6) is -19.2. The second-order valence-electron chi connectivity index (χ2n) is 12.0. The molecule has 2 atom stereocenters. The molecule has 0 heterocycles. The first-order valence-corrected chi connectivity index (χ1v) is 22.0. The van der Waals surface area contributed by atoms with E-state index in [1.165, 1.54) is 21.3 Å².